The Balaban J connectivity index is 2.73. The van der Waals surface area contributed by atoms with Crippen molar-refractivity contribution in [2.45, 2.75) is 13.0 Å². The lowest BCUT2D eigenvalue weighted by molar-refractivity contribution is 0.186. The van der Waals surface area contributed by atoms with Gasteiger partial charge in [-0.1, -0.05) is 24.8 Å². The van der Waals surface area contributed by atoms with E-state index in [1.807, 2.05) is 48.1 Å². The van der Waals surface area contributed by atoms with Crippen molar-refractivity contribution in [3.63, 3.8) is 0 Å². The minimum atomic E-state index is 0.0740. The van der Waals surface area contributed by atoms with Crippen LogP contribution in [0, 0.1) is 0 Å². The van der Waals surface area contributed by atoms with Gasteiger partial charge >= 0.3 is 0 Å². The molecular weight excluding hydrogens is 371 g/mol. The third-order valence-electron chi connectivity index (χ3n) is 1.84. The molecule has 0 N–H and O–H groups in total. The highest BCUT2D eigenvalue weighted by molar-refractivity contribution is 14.1. The fraction of sp³-hybridized carbons (Fsp3) is 0.273. The number of halogens is 2. The molecule has 0 radical (unpaired) electrons. The Kier molecular flexibility index (Phi) is 5.63. The molecular formula is C11H12BrIO2. The van der Waals surface area contributed by atoms with E-state index in [1.165, 1.54) is 0 Å². The molecule has 0 spiro atoms. The number of hydrogen-bond donors (Lipinski definition) is 0. The van der Waals surface area contributed by atoms with Gasteiger partial charge in [0.1, 0.15) is 41.5 Å². The van der Waals surface area contributed by atoms with Crippen LogP contribution in [-0.4, -0.2) is 12.7 Å². The second-order valence-electron chi connectivity index (χ2n) is 3.07. The third-order valence-corrected chi connectivity index (χ3v) is 3.56. The molecule has 0 saturated heterocycles. The molecule has 2 nitrogen and oxygen atoms in total. The fourth-order valence-electron chi connectivity index (χ4n) is 1.03. The quantitative estimate of drug-likeness (QED) is 0.709. The molecule has 0 aliphatic heterocycles. The van der Waals surface area contributed by atoms with E-state index >= 15 is 0 Å². The van der Waals surface area contributed by atoms with E-state index in [0.29, 0.717) is 6.61 Å². The molecule has 0 aliphatic carbocycles. The molecule has 15 heavy (non-hydrogen) atoms. The van der Waals surface area contributed by atoms with Gasteiger partial charge in [0.2, 0.25) is 0 Å². The van der Waals surface area contributed by atoms with Gasteiger partial charge < -0.3 is 7.80 Å². The summed E-state index contributed by atoms with van der Waals surface area (Å²) in [6, 6.07) is 5.83. The van der Waals surface area contributed by atoms with Gasteiger partial charge in [-0.3, -0.25) is 0 Å². The summed E-state index contributed by atoms with van der Waals surface area (Å²) >= 11 is 5.35. The van der Waals surface area contributed by atoms with Crippen molar-refractivity contribution < 1.29 is 7.80 Å². The van der Waals surface area contributed by atoms with Crippen LogP contribution in [0.4, 0.5) is 0 Å². The van der Waals surface area contributed by atoms with Gasteiger partial charge in [-0.2, -0.15) is 0 Å². The standard InChI is InChI=1S/C11H12BrIO2/c1-3-9-5-4-6-10(11(9)12)14-7-8(2)15-13/h3-6,8H,1,7H2,2H3. The van der Waals surface area contributed by atoms with Crippen molar-refractivity contribution in [2.24, 2.45) is 0 Å². The smallest absolute Gasteiger partial charge is 0.134 e. The van der Waals surface area contributed by atoms with Crippen LogP contribution in [0.3, 0.4) is 0 Å². The van der Waals surface area contributed by atoms with Gasteiger partial charge in [0.25, 0.3) is 0 Å². The maximum absolute atomic E-state index is 5.61. The van der Waals surface area contributed by atoms with E-state index in [2.05, 4.69) is 22.5 Å². The predicted octanol–water partition coefficient (Wildman–Crippen LogP) is 4.23. The van der Waals surface area contributed by atoms with E-state index in [0.717, 1.165) is 15.8 Å². The Bertz CT molecular complexity index is 341. The molecule has 82 valence electrons. The van der Waals surface area contributed by atoms with Crippen LogP contribution in [0.1, 0.15) is 12.5 Å². The first-order chi connectivity index (χ1) is 7.19. The number of benzene rings is 1. The second-order valence-corrected chi connectivity index (χ2v) is 4.38. The highest BCUT2D eigenvalue weighted by atomic mass is 127. The van der Waals surface area contributed by atoms with Crippen LogP contribution < -0.4 is 4.74 Å². The maximum atomic E-state index is 5.61. The summed E-state index contributed by atoms with van der Waals surface area (Å²) in [5.41, 5.74) is 1.02. The number of rotatable bonds is 5. The van der Waals surface area contributed by atoms with Crippen molar-refractivity contribution in [2.75, 3.05) is 6.61 Å². The van der Waals surface area contributed by atoms with Crippen LogP contribution >= 0.6 is 38.9 Å². The van der Waals surface area contributed by atoms with Crippen molar-refractivity contribution in [1.29, 1.82) is 0 Å². The molecule has 1 aromatic carbocycles. The monoisotopic (exact) mass is 382 g/mol. The highest BCUT2D eigenvalue weighted by Crippen LogP contribution is 2.29. The Labute approximate surface area is 112 Å². The lowest BCUT2D eigenvalue weighted by Gasteiger charge is -2.12. The summed E-state index contributed by atoms with van der Waals surface area (Å²) in [6.45, 7) is 6.22. The van der Waals surface area contributed by atoms with Crippen molar-refractivity contribution in [3.05, 3.63) is 34.8 Å². The molecule has 0 aliphatic rings. The minimum absolute atomic E-state index is 0.0740. The van der Waals surface area contributed by atoms with E-state index < -0.39 is 0 Å². The van der Waals surface area contributed by atoms with E-state index in [9.17, 15) is 0 Å². The number of hydrogen-bond acceptors (Lipinski definition) is 2. The summed E-state index contributed by atoms with van der Waals surface area (Å²) in [5.74, 6) is 0.813. The first-order valence-corrected chi connectivity index (χ1v) is 6.17. The summed E-state index contributed by atoms with van der Waals surface area (Å²) in [4.78, 5) is 0. The Morgan fingerprint density at radius 2 is 2.33 bits per heavy atom. The highest BCUT2D eigenvalue weighted by Gasteiger charge is 2.06. The molecule has 0 heterocycles. The van der Waals surface area contributed by atoms with Crippen molar-refractivity contribution in [1.82, 2.24) is 0 Å². The zero-order valence-electron chi connectivity index (χ0n) is 8.37. The topological polar surface area (TPSA) is 18.5 Å². The molecule has 4 heteroatoms. The third kappa shape index (κ3) is 3.77. The molecule has 0 saturated carbocycles. The summed E-state index contributed by atoms with van der Waals surface area (Å²) < 4.78 is 11.6. The number of ether oxygens (including phenoxy) is 1. The predicted molar refractivity (Wildman–Crippen MR) is 74.3 cm³/mol. The van der Waals surface area contributed by atoms with Crippen LogP contribution in [0.5, 0.6) is 5.75 Å². The molecule has 1 unspecified atom stereocenters. The van der Waals surface area contributed by atoms with Gasteiger partial charge in [0.05, 0.1) is 4.47 Å². The average Bonchev–Trinajstić information content (AvgIpc) is 2.27. The molecule has 1 atom stereocenters. The van der Waals surface area contributed by atoms with Crippen molar-refractivity contribution in [3.8, 4) is 5.75 Å². The van der Waals surface area contributed by atoms with E-state index in [4.69, 9.17) is 7.80 Å². The van der Waals surface area contributed by atoms with Crippen LogP contribution in [0.25, 0.3) is 6.08 Å². The SMILES string of the molecule is C=Cc1cccc(OCC(C)OI)c1Br. The zero-order chi connectivity index (χ0) is 11.3. The second kappa shape index (κ2) is 6.50. The Morgan fingerprint density at radius 3 is 2.93 bits per heavy atom. The zero-order valence-corrected chi connectivity index (χ0v) is 12.1. The Hall–Kier alpha value is -0.0700. The summed E-state index contributed by atoms with van der Waals surface area (Å²) in [7, 11) is 0. The maximum Gasteiger partial charge on any atom is 0.134 e. The van der Waals surface area contributed by atoms with Crippen LogP contribution in [0.15, 0.2) is 29.3 Å². The van der Waals surface area contributed by atoms with Crippen LogP contribution in [0.2, 0.25) is 0 Å². The Morgan fingerprint density at radius 1 is 1.60 bits per heavy atom. The van der Waals surface area contributed by atoms with Gasteiger partial charge in [0.15, 0.2) is 0 Å². The van der Waals surface area contributed by atoms with E-state index in [-0.39, 0.29) is 6.10 Å². The van der Waals surface area contributed by atoms with E-state index in [1.54, 1.807) is 6.08 Å². The molecule has 0 fully saturated rings. The largest absolute Gasteiger partial charge is 0.490 e. The normalized spacial score (nSPS) is 12.2. The van der Waals surface area contributed by atoms with Gasteiger partial charge in [0, 0.05) is 0 Å². The first kappa shape index (κ1) is 13.0. The van der Waals surface area contributed by atoms with Gasteiger partial charge in [-0.15, -0.1) is 0 Å². The molecule has 1 aromatic rings. The average molecular weight is 383 g/mol. The van der Waals surface area contributed by atoms with Crippen molar-refractivity contribution >= 4 is 45.0 Å². The molecule has 0 bridgehead atoms. The lowest BCUT2D eigenvalue weighted by Crippen LogP contribution is -2.14. The summed E-state index contributed by atoms with van der Waals surface area (Å²) in [5, 5.41) is 0. The summed E-state index contributed by atoms with van der Waals surface area (Å²) in [6.07, 6.45) is 1.86. The molecule has 1 rings (SSSR count). The molecule has 0 aromatic heterocycles. The van der Waals surface area contributed by atoms with Gasteiger partial charge in [-0.05, 0) is 34.5 Å². The minimum Gasteiger partial charge on any atom is -0.490 e. The lowest BCUT2D eigenvalue weighted by atomic mass is 10.2. The molecule has 0 amide bonds. The van der Waals surface area contributed by atoms with Gasteiger partial charge in [-0.25, -0.2) is 0 Å². The van der Waals surface area contributed by atoms with Crippen LogP contribution in [-0.2, 0) is 3.07 Å². The fourth-order valence-corrected chi connectivity index (χ4v) is 1.72. The first-order valence-electron chi connectivity index (χ1n) is 4.50.